The first kappa shape index (κ1) is 15.5. The van der Waals surface area contributed by atoms with Crippen LogP contribution in [-0.2, 0) is 20.7 Å². The van der Waals surface area contributed by atoms with Crippen LogP contribution in [0.25, 0.3) is 0 Å². The number of ether oxygens (including phenoxy) is 1. The average molecular weight is 290 g/mol. The van der Waals surface area contributed by atoms with E-state index >= 15 is 0 Å². The standard InChI is InChI=1S/C16H22N2O3/c19-15(17-9-6-13-4-2-1-3-5-13)12-18-16(20)14-7-10-21-11-8-14/h1-5,14H,6-12H2,(H,17,19)(H,18,20). The molecule has 5 nitrogen and oxygen atoms in total. The third kappa shape index (κ3) is 5.55. The topological polar surface area (TPSA) is 67.4 Å². The van der Waals surface area contributed by atoms with Crippen molar-refractivity contribution in [3.05, 3.63) is 35.9 Å². The minimum atomic E-state index is -0.147. The van der Waals surface area contributed by atoms with Crippen molar-refractivity contribution in [2.45, 2.75) is 19.3 Å². The summed E-state index contributed by atoms with van der Waals surface area (Å²) in [6.45, 7) is 1.88. The first-order valence-corrected chi connectivity index (χ1v) is 7.42. The predicted molar refractivity (Wildman–Crippen MR) is 79.7 cm³/mol. The summed E-state index contributed by atoms with van der Waals surface area (Å²) >= 11 is 0. The normalized spacial score (nSPS) is 15.4. The summed E-state index contributed by atoms with van der Waals surface area (Å²) in [5.74, 6) is -0.210. The zero-order valence-corrected chi connectivity index (χ0v) is 12.1. The van der Waals surface area contributed by atoms with E-state index in [1.807, 2.05) is 30.3 Å². The van der Waals surface area contributed by atoms with Gasteiger partial charge < -0.3 is 15.4 Å². The molecule has 0 radical (unpaired) electrons. The molecule has 114 valence electrons. The van der Waals surface area contributed by atoms with Crippen LogP contribution in [0.1, 0.15) is 18.4 Å². The van der Waals surface area contributed by atoms with Gasteiger partial charge >= 0.3 is 0 Å². The molecule has 21 heavy (non-hydrogen) atoms. The van der Waals surface area contributed by atoms with E-state index in [1.165, 1.54) is 5.56 Å². The molecule has 1 aliphatic heterocycles. The van der Waals surface area contributed by atoms with E-state index < -0.39 is 0 Å². The minimum Gasteiger partial charge on any atom is -0.381 e. The summed E-state index contributed by atoms with van der Waals surface area (Å²) in [4.78, 5) is 23.5. The number of carbonyl (C=O) groups excluding carboxylic acids is 2. The Bertz CT molecular complexity index is 456. The van der Waals surface area contributed by atoms with Gasteiger partial charge in [0.05, 0.1) is 6.54 Å². The summed E-state index contributed by atoms with van der Waals surface area (Å²) in [5.41, 5.74) is 1.18. The Balaban J connectivity index is 1.60. The van der Waals surface area contributed by atoms with Crippen molar-refractivity contribution < 1.29 is 14.3 Å². The Morgan fingerprint density at radius 1 is 1.10 bits per heavy atom. The van der Waals surface area contributed by atoms with Crippen LogP contribution in [0.4, 0.5) is 0 Å². The van der Waals surface area contributed by atoms with Gasteiger partial charge in [-0.2, -0.15) is 0 Å². The first-order valence-electron chi connectivity index (χ1n) is 7.42. The van der Waals surface area contributed by atoms with Crippen molar-refractivity contribution in [1.29, 1.82) is 0 Å². The minimum absolute atomic E-state index is 0.0177. The van der Waals surface area contributed by atoms with Gasteiger partial charge in [-0.25, -0.2) is 0 Å². The molecule has 2 amide bonds. The Morgan fingerprint density at radius 2 is 1.81 bits per heavy atom. The fourth-order valence-corrected chi connectivity index (χ4v) is 2.32. The van der Waals surface area contributed by atoms with Crippen LogP contribution >= 0.6 is 0 Å². The second kappa shape index (κ2) is 8.42. The van der Waals surface area contributed by atoms with Gasteiger partial charge in [-0.3, -0.25) is 9.59 Å². The van der Waals surface area contributed by atoms with Crippen molar-refractivity contribution in [3.8, 4) is 0 Å². The molecule has 1 saturated heterocycles. The maximum Gasteiger partial charge on any atom is 0.239 e. The quantitative estimate of drug-likeness (QED) is 0.817. The number of carbonyl (C=O) groups is 2. The van der Waals surface area contributed by atoms with Crippen LogP contribution in [0, 0.1) is 5.92 Å². The highest BCUT2D eigenvalue weighted by Gasteiger charge is 2.21. The van der Waals surface area contributed by atoms with Gasteiger partial charge in [0.1, 0.15) is 0 Å². The maximum atomic E-state index is 11.9. The highest BCUT2D eigenvalue weighted by molar-refractivity contribution is 5.85. The van der Waals surface area contributed by atoms with Crippen LogP contribution in [-0.4, -0.2) is 38.1 Å². The first-order chi connectivity index (χ1) is 10.3. The summed E-state index contributed by atoms with van der Waals surface area (Å²) < 4.78 is 5.21. The predicted octanol–water partition coefficient (Wildman–Crippen LogP) is 0.888. The summed E-state index contributed by atoms with van der Waals surface area (Å²) in [5, 5.41) is 5.51. The molecule has 1 aliphatic rings. The molecular weight excluding hydrogens is 268 g/mol. The van der Waals surface area contributed by atoms with Gasteiger partial charge in [-0.05, 0) is 24.8 Å². The summed E-state index contributed by atoms with van der Waals surface area (Å²) in [6.07, 6.45) is 2.27. The third-order valence-corrected chi connectivity index (χ3v) is 3.59. The molecular formula is C16H22N2O3. The summed E-state index contributed by atoms with van der Waals surface area (Å²) in [6, 6.07) is 9.97. The Hall–Kier alpha value is -1.88. The zero-order chi connectivity index (χ0) is 14.9. The monoisotopic (exact) mass is 290 g/mol. The molecule has 0 spiro atoms. The number of rotatable bonds is 6. The SMILES string of the molecule is O=C(CNC(=O)C1CCOCC1)NCCc1ccccc1. The maximum absolute atomic E-state index is 11.9. The Kier molecular flexibility index (Phi) is 6.22. The van der Waals surface area contributed by atoms with E-state index in [9.17, 15) is 9.59 Å². The fraction of sp³-hybridized carbons (Fsp3) is 0.500. The molecule has 0 bridgehead atoms. The van der Waals surface area contributed by atoms with E-state index in [1.54, 1.807) is 0 Å². The van der Waals surface area contributed by atoms with Gasteiger partial charge in [0.2, 0.25) is 11.8 Å². The van der Waals surface area contributed by atoms with Gasteiger partial charge in [0.25, 0.3) is 0 Å². The van der Waals surface area contributed by atoms with Crippen molar-refractivity contribution in [2.24, 2.45) is 5.92 Å². The van der Waals surface area contributed by atoms with Crippen LogP contribution in [0.5, 0.6) is 0 Å². The lowest BCUT2D eigenvalue weighted by Gasteiger charge is -2.21. The van der Waals surface area contributed by atoms with Gasteiger partial charge in [0.15, 0.2) is 0 Å². The molecule has 1 aromatic rings. The Labute approximate surface area is 125 Å². The number of nitrogens with one attached hydrogen (secondary N) is 2. The molecule has 5 heteroatoms. The van der Waals surface area contributed by atoms with Crippen LogP contribution in [0.15, 0.2) is 30.3 Å². The third-order valence-electron chi connectivity index (χ3n) is 3.59. The van der Waals surface area contributed by atoms with E-state index in [0.717, 1.165) is 19.3 Å². The van der Waals surface area contributed by atoms with Gasteiger partial charge in [-0.1, -0.05) is 30.3 Å². The molecule has 0 atom stereocenters. The molecule has 0 unspecified atom stereocenters. The highest BCUT2D eigenvalue weighted by atomic mass is 16.5. The molecule has 2 rings (SSSR count). The van der Waals surface area contributed by atoms with E-state index in [2.05, 4.69) is 10.6 Å². The molecule has 0 aliphatic carbocycles. The lowest BCUT2D eigenvalue weighted by molar-refractivity contribution is -0.130. The van der Waals surface area contributed by atoms with Crippen LogP contribution in [0.3, 0.4) is 0 Å². The number of hydrogen-bond acceptors (Lipinski definition) is 3. The smallest absolute Gasteiger partial charge is 0.239 e. The lowest BCUT2D eigenvalue weighted by atomic mass is 9.99. The molecule has 1 aromatic carbocycles. The average Bonchev–Trinajstić information content (AvgIpc) is 2.54. The molecule has 2 N–H and O–H groups in total. The van der Waals surface area contributed by atoms with E-state index in [0.29, 0.717) is 19.8 Å². The summed E-state index contributed by atoms with van der Waals surface area (Å²) in [7, 11) is 0. The molecule has 1 fully saturated rings. The Morgan fingerprint density at radius 3 is 2.52 bits per heavy atom. The molecule has 1 heterocycles. The lowest BCUT2D eigenvalue weighted by Crippen LogP contribution is -2.41. The van der Waals surface area contributed by atoms with Crippen molar-refractivity contribution >= 4 is 11.8 Å². The van der Waals surface area contributed by atoms with Crippen molar-refractivity contribution in [1.82, 2.24) is 10.6 Å². The molecule has 0 saturated carbocycles. The highest BCUT2D eigenvalue weighted by Crippen LogP contribution is 2.14. The van der Waals surface area contributed by atoms with Crippen LogP contribution in [0.2, 0.25) is 0 Å². The largest absolute Gasteiger partial charge is 0.381 e. The number of amides is 2. The second-order valence-electron chi connectivity index (χ2n) is 5.19. The van der Waals surface area contributed by atoms with E-state index in [-0.39, 0.29) is 24.3 Å². The van der Waals surface area contributed by atoms with Crippen molar-refractivity contribution in [2.75, 3.05) is 26.3 Å². The fourth-order valence-electron chi connectivity index (χ4n) is 2.32. The van der Waals surface area contributed by atoms with Gasteiger partial charge in [-0.15, -0.1) is 0 Å². The van der Waals surface area contributed by atoms with E-state index in [4.69, 9.17) is 4.74 Å². The van der Waals surface area contributed by atoms with Crippen molar-refractivity contribution in [3.63, 3.8) is 0 Å². The number of benzene rings is 1. The molecule has 0 aromatic heterocycles. The zero-order valence-electron chi connectivity index (χ0n) is 12.1. The second-order valence-corrected chi connectivity index (χ2v) is 5.19. The number of hydrogen-bond donors (Lipinski definition) is 2. The van der Waals surface area contributed by atoms with Crippen LogP contribution < -0.4 is 10.6 Å². The van der Waals surface area contributed by atoms with Gasteiger partial charge in [0, 0.05) is 25.7 Å².